The summed E-state index contributed by atoms with van der Waals surface area (Å²) in [6, 6.07) is 4.61. The molecule has 1 unspecified atom stereocenters. The van der Waals surface area contributed by atoms with Crippen molar-refractivity contribution in [3.63, 3.8) is 0 Å². The highest BCUT2D eigenvalue weighted by molar-refractivity contribution is 6.42. The Bertz CT molecular complexity index is 412. The third-order valence-electron chi connectivity index (χ3n) is 2.38. The molecule has 6 heteroatoms. The highest BCUT2D eigenvalue weighted by Crippen LogP contribution is 2.25. The number of hydrogen-bond acceptors (Lipinski definition) is 2. The van der Waals surface area contributed by atoms with E-state index >= 15 is 0 Å². The molecule has 0 bridgehead atoms. The molecule has 2 amide bonds. The fourth-order valence-electron chi connectivity index (χ4n) is 1.11. The maximum atomic E-state index is 11.8. The fraction of sp³-hybridized carbons (Fsp3) is 0.364. The number of urea groups is 1. The maximum absolute atomic E-state index is 11.8. The number of carbonyl (C=O) groups excluding carboxylic acids is 1. The van der Waals surface area contributed by atoms with Crippen LogP contribution in [0.25, 0.3) is 0 Å². The SMILES string of the molecule is COC(C)N(C)C(=O)Nc1ccc(Cl)c(Cl)c1. The molecule has 94 valence electrons. The van der Waals surface area contributed by atoms with E-state index in [0.717, 1.165) is 0 Å². The van der Waals surface area contributed by atoms with Crippen LogP contribution in [-0.4, -0.2) is 31.3 Å². The lowest BCUT2D eigenvalue weighted by Crippen LogP contribution is -2.39. The number of rotatable bonds is 3. The van der Waals surface area contributed by atoms with Gasteiger partial charge in [-0.1, -0.05) is 23.2 Å². The van der Waals surface area contributed by atoms with Gasteiger partial charge in [0.05, 0.1) is 10.0 Å². The van der Waals surface area contributed by atoms with Gasteiger partial charge in [-0.15, -0.1) is 0 Å². The van der Waals surface area contributed by atoms with E-state index in [9.17, 15) is 4.79 Å². The van der Waals surface area contributed by atoms with Gasteiger partial charge in [-0.3, -0.25) is 0 Å². The lowest BCUT2D eigenvalue weighted by Gasteiger charge is -2.23. The minimum atomic E-state index is -0.308. The molecule has 1 atom stereocenters. The summed E-state index contributed by atoms with van der Waals surface area (Å²) in [5, 5.41) is 3.53. The van der Waals surface area contributed by atoms with E-state index in [0.29, 0.717) is 15.7 Å². The molecule has 0 aromatic heterocycles. The van der Waals surface area contributed by atoms with E-state index in [1.54, 1.807) is 32.2 Å². The van der Waals surface area contributed by atoms with Crippen LogP contribution in [0.15, 0.2) is 18.2 Å². The van der Waals surface area contributed by atoms with Crippen molar-refractivity contribution in [3.8, 4) is 0 Å². The summed E-state index contributed by atoms with van der Waals surface area (Å²) >= 11 is 11.6. The van der Waals surface area contributed by atoms with E-state index < -0.39 is 0 Å². The van der Waals surface area contributed by atoms with Gasteiger partial charge < -0.3 is 15.0 Å². The number of ether oxygens (including phenoxy) is 1. The van der Waals surface area contributed by atoms with Crippen LogP contribution in [0, 0.1) is 0 Å². The van der Waals surface area contributed by atoms with Crippen molar-refractivity contribution < 1.29 is 9.53 Å². The van der Waals surface area contributed by atoms with Crippen LogP contribution in [0.2, 0.25) is 10.0 Å². The Morgan fingerprint density at radius 3 is 2.59 bits per heavy atom. The summed E-state index contributed by atoms with van der Waals surface area (Å²) in [6.45, 7) is 1.77. The van der Waals surface area contributed by atoms with Gasteiger partial charge in [0.2, 0.25) is 0 Å². The largest absolute Gasteiger partial charge is 0.362 e. The predicted molar refractivity (Wildman–Crippen MR) is 69.7 cm³/mol. The van der Waals surface area contributed by atoms with E-state index in [4.69, 9.17) is 27.9 Å². The van der Waals surface area contributed by atoms with E-state index in [2.05, 4.69) is 5.32 Å². The molecule has 0 fully saturated rings. The van der Waals surface area contributed by atoms with Gasteiger partial charge in [0.15, 0.2) is 0 Å². The van der Waals surface area contributed by atoms with E-state index in [-0.39, 0.29) is 12.3 Å². The number of hydrogen-bond donors (Lipinski definition) is 1. The van der Waals surface area contributed by atoms with Crippen molar-refractivity contribution in [1.29, 1.82) is 0 Å². The van der Waals surface area contributed by atoms with E-state index in [1.165, 1.54) is 12.0 Å². The molecule has 0 aliphatic carbocycles. The Morgan fingerprint density at radius 1 is 1.41 bits per heavy atom. The van der Waals surface area contributed by atoms with Gasteiger partial charge in [0.25, 0.3) is 0 Å². The predicted octanol–water partition coefficient (Wildman–Crippen LogP) is 3.45. The van der Waals surface area contributed by atoms with Crippen LogP contribution in [-0.2, 0) is 4.74 Å². The third kappa shape index (κ3) is 3.77. The standard InChI is InChI=1S/C11H14Cl2N2O2/c1-7(17-3)15(2)11(16)14-8-4-5-9(12)10(13)6-8/h4-7H,1-3H3,(H,14,16). The van der Waals surface area contributed by atoms with Gasteiger partial charge in [-0.05, 0) is 25.1 Å². The molecular formula is C11H14Cl2N2O2. The second-order valence-corrected chi connectivity index (χ2v) is 4.32. The van der Waals surface area contributed by atoms with Gasteiger partial charge in [0.1, 0.15) is 6.23 Å². The highest BCUT2D eigenvalue weighted by atomic mass is 35.5. The molecule has 0 spiro atoms. The van der Waals surface area contributed by atoms with Crippen molar-refractivity contribution in [2.24, 2.45) is 0 Å². The average molecular weight is 277 g/mol. The first-order chi connectivity index (χ1) is 7.95. The summed E-state index contributed by atoms with van der Waals surface area (Å²) in [4.78, 5) is 13.2. The lowest BCUT2D eigenvalue weighted by molar-refractivity contribution is 0.0223. The number of carbonyl (C=O) groups is 1. The zero-order chi connectivity index (χ0) is 13.0. The third-order valence-corrected chi connectivity index (χ3v) is 3.12. The Labute approximate surface area is 110 Å². The molecular weight excluding hydrogens is 263 g/mol. The second-order valence-electron chi connectivity index (χ2n) is 3.50. The first kappa shape index (κ1) is 14.1. The number of anilines is 1. The minimum Gasteiger partial charge on any atom is -0.362 e. The minimum absolute atomic E-state index is 0.280. The molecule has 0 saturated heterocycles. The Hall–Kier alpha value is -0.970. The van der Waals surface area contributed by atoms with Crippen LogP contribution in [0.5, 0.6) is 0 Å². The molecule has 0 aliphatic rings. The molecule has 0 saturated carbocycles. The Kier molecular flexibility index (Phi) is 5.05. The lowest BCUT2D eigenvalue weighted by atomic mass is 10.3. The Balaban J connectivity index is 2.71. The molecule has 1 aromatic rings. The number of nitrogens with zero attached hydrogens (tertiary/aromatic N) is 1. The number of nitrogens with one attached hydrogen (secondary N) is 1. The summed E-state index contributed by atoms with van der Waals surface area (Å²) in [5.41, 5.74) is 0.583. The smallest absolute Gasteiger partial charge is 0.323 e. The topological polar surface area (TPSA) is 41.6 Å². The van der Waals surface area contributed by atoms with Gasteiger partial charge in [-0.2, -0.15) is 0 Å². The van der Waals surface area contributed by atoms with Crippen LogP contribution in [0.4, 0.5) is 10.5 Å². The first-order valence-corrected chi connectivity index (χ1v) is 5.73. The zero-order valence-electron chi connectivity index (χ0n) is 9.83. The van der Waals surface area contributed by atoms with Crippen molar-refractivity contribution in [2.45, 2.75) is 13.2 Å². The summed E-state index contributed by atoms with van der Waals surface area (Å²) < 4.78 is 5.03. The quantitative estimate of drug-likeness (QED) is 0.860. The highest BCUT2D eigenvalue weighted by Gasteiger charge is 2.15. The van der Waals surface area contributed by atoms with Crippen LogP contribution in [0.3, 0.4) is 0 Å². The maximum Gasteiger partial charge on any atom is 0.323 e. The zero-order valence-corrected chi connectivity index (χ0v) is 11.3. The average Bonchev–Trinajstić information content (AvgIpc) is 2.31. The molecule has 0 aliphatic heterocycles. The molecule has 0 heterocycles. The van der Waals surface area contributed by atoms with Gasteiger partial charge >= 0.3 is 6.03 Å². The van der Waals surface area contributed by atoms with Crippen molar-refractivity contribution in [1.82, 2.24) is 4.90 Å². The molecule has 4 nitrogen and oxygen atoms in total. The van der Waals surface area contributed by atoms with Gasteiger partial charge in [-0.25, -0.2) is 4.79 Å². The summed E-state index contributed by atoms with van der Waals surface area (Å²) in [5.74, 6) is 0. The molecule has 0 radical (unpaired) electrons. The Morgan fingerprint density at radius 2 is 2.06 bits per heavy atom. The van der Waals surface area contributed by atoms with Crippen LogP contribution < -0.4 is 5.32 Å². The second kappa shape index (κ2) is 6.10. The first-order valence-electron chi connectivity index (χ1n) is 4.97. The molecule has 1 N–H and O–H groups in total. The molecule has 1 aromatic carbocycles. The number of methoxy groups -OCH3 is 1. The van der Waals surface area contributed by atoms with Crippen molar-refractivity contribution in [2.75, 3.05) is 19.5 Å². The fourth-order valence-corrected chi connectivity index (χ4v) is 1.41. The molecule has 17 heavy (non-hydrogen) atoms. The number of benzene rings is 1. The number of halogens is 2. The monoisotopic (exact) mass is 276 g/mol. The normalized spacial score (nSPS) is 12.1. The summed E-state index contributed by atoms with van der Waals surface area (Å²) in [7, 11) is 3.18. The molecule has 1 rings (SSSR count). The van der Waals surface area contributed by atoms with Crippen LogP contribution >= 0.6 is 23.2 Å². The van der Waals surface area contributed by atoms with Gasteiger partial charge in [0, 0.05) is 19.8 Å². The van der Waals surface area contributed by atoms with Crippen molar-refractivity contribution in [3.05, 3.63) is 28.2 Å². The van der Waals surface area contributed by atoms with E-state index in [1.807, 2.05) is 0 Å². The summed E-state index contributed by atoms with van der Waals surface area (Å²) in [6.07, 6.45) is -0.308. The van der Waals surface area contributed by atoms with Crippen LogP contribution in [0.1, 0.15) is 6.92 Å². The number of amides is 2. The van der Waals surface area contributed by atoms with Crippen molar-refractivity contribution >= 4 is 34.9 Å².